The minimum Gasteiger partial charge on any atom is -0.339 e. The second-order valence-corrected chi connectivity index (χ2v) is 6.34. The maximum absolute atomic E-state index is 5.62. The van der Waals surface area contributed by atoms with Gasteiger partial charge in [0.2, 0.25) is 11.7 Å². The van der Waals surface area contributed by atoms with Gasteiger partial charge in [0.25, 0.3) is 0 Å². The molecule has 126 valence electrons. The van der Waals surface area contributed by atoms with Crippen molar-refractivity contribution < 1.29 is 4.52 Å². The average molecular weight is 344 g/mol. The number of rotatable bonds is 5. The lowest BCUT2D eigenvalue weighted by Gasteiger charge is -2.23. The third-order valence-electron chi connectivity index (χ3n) is 4.06. The SMILES string of the molecule is CC(C)(Cc1nc(-c2ccc(CN)cc2)no1)c1ccccc1.Cl. The Morgan fingerprint density at radius 3 is 2.29 bits per heavy atom. The zero-order chi connectivity index (χ0) is 16.3. The normalized spacial score (nSPS) is 11.1. The van der Waals surface area contributed by atoms with E-state index in [0.29, 0.717) is 24.7 Å². The van der Waals surface area contributed by atoms with E-state index in [1.165, 1.54) is 5.56 Å². The molecule has 2 N–H and O–H groups in total. The molecule has 0 saturated carbocycles. The van der Waals surface area contributed by atoms with Crippen molar-refractivity contribution in [3.63, 3.8) is 0 Å². The zero-order valence-electron chi connectivity index (χ0n) is 13.9. The van der Waals surface area contributed by atoms with Gasteiger partial charge in [-0.3, -0.25) is 0 Å². The Balaban J connectivity index is 0.00000208. The third kappa shape index (κ3) is 4.02. The van der Waals surface area contributed by atoms with Gasteiger partial charge in [-0.25, -0.2) is 0 Å². The van der Waals surface area contributed by atoms with Gasteiger partial charge in [-0.2, -0.15) is 4.98 Å². The van der Waals surface area contributed by atoms with E-state index in [1.807, 2.05) is 30.3 Å². The van der Waals surface area contributed by atoms with Crippen molar-refractivity contribution >= 4 is 12.4 Å². The molecule has 0 aliphatic rings. The van der Waals surface area contributed by atoms with Crippen molar-refractivity contribution in [1.29, 1.82) is 0 Å². The molecular formula is C19H22ClN3O. The van der Waals surface area contributed by atoms with E-state index in [2.05, 4.69) is 48.3 Å². The van der Waals surface area contributed by atoms with Crippen molar-refractivity contribution in [2.75, 3.05) is 0 Å². The molecule has 0 spiro atoms. The highest BCUT2D eigenvalue weighted by atomic mass is 35.5. The summed E-state index contributed by atoms with van der Waals surface area (Å²) >= 11 is 0. The lowest BCUT2D eigenvalue weighted by atomic mass is 9.81. The van der Waals surface area contributed by atoms with Crippen LogP contribution in [-0.4, -0.2) is 10.1 Å². The van der Waals surface area contributed by atoms with Crippen molar-refractivity contribution in [1.82, 2.24) is 10.1 Å². The average Bonchev–Trinajstić information content (AvgIpc) is 3.03. The summed E-state index contributed by atoms with van der Waals surface area (Å²) in [6, 6.07) is 18.3. The first kappa shape index (κ1) is 18.2. The van der Waals surface area contributed by atoms with E-state index in [1.54, 1.807) is 0 Å². The van der Waals surface area contributed by atoms with Gasteiger partial charge in [0, 0.05) is 18.5 Å². The molecule has 0 unspecified atom stereocenters. The van der Waals surface area contributed by atoms with Crippen LogP contribution in [0.5, 0.6) is 0 Å². The largest absolute Gasteiger partial charge is 0.339 e. The first-order valence-corrected chi connectivity index (χ1v) is 7.76. The van der Waals surface area contributed by atoms with E-state index in [-0.39, 0.29) is 17.8 Å². The number of halogens is 1. The molecule has 0 saturated heterocycles. The van der Waals surface area contributed by atoms with Crippen LogP contribution in [0, 0.1) is 0 Å². The van der Waals surface area contributed by atoms with Crippen LogP contribution < -0.4 is 5.73 Å². The summed E-state index contributed by atoms with van der Waals surface area (Å²) in [6.07, 6.45) is 0.699. The first-order valence-electron chi connectivity index (χ1n) is 7.76. The lowest BCUT2D eigenvalue weighted by molar-refractivity contribution is 0.347. The predicted octanol–water partition coefficient (Wildman–Crippen LogP) is 4.14. The summed E-state index contributed by atoms with van der Waals surface area (Å²) in [5.74, 6) is 1.27. The van der Waals surface area contributed by atoms with Crippen LogP contribution in [0.4, 0.5) is 0 Å². The molecule has 3 aromatic rings. The summed E-state index contributed by atoms with van der Waals surface area (Å²) in [7, 11) is 0. The number of nitrogens with zero attached hydrogens (tertiary/aromatic N) is 2. The van der Waals surface area contributed by atoms with E-state index >= 15 is 0 Å². The van der Waals surface area contributed by atoms with Gasteiger partial charge in [-0.15, -0.1) is 12.4 Å². The number of aromatic nitrogens is 2. The minimum atomic E-state index is -0.0610. The predicted molar refractivity (Wildman–Crippen MR) is 98.0 cm³/mol. The molecule has 1 aromatic heterocycles. The molecule has 1 heterocycles. The first-order chi connectivity index (χ1) is 11.1. The molecule has 24 heavy (non-hydrogen) atoms. The summed E-state index contributed by atoms with van der Waals surface area (Å²) in [5.41, 5.74) is 8.84. The smallest absolute Gasteiger partial charge is 0.227 e. The van der Waals surface area contributed by atoms with Crippen LogP contribution in [0.1, 0.15) is 30.9 Å². The van der Waals surface area contributed by atoms with Gasteiger partial charge in [-0.05, 0) is 16.5 Å². The molecular weight excluding hydrogens is 322 g/mol. The molecule has 0 aliphatic heterocycles. The summed E-state index contributed by atoms with van der Waals surface area (Å²) in [4.78, 5) is 4.54. The van der Waals surface area contributed by atoms with Crippen LogP contribution >= 0.6 is 12.4 Å². The Morgan fingerprint density at radius 1 is 1.00 bits per heavy atom. The Labute approximate surface area is 148 Å². The molecule has 0 aliphatic carbocycles. The molecule has 2 aromatic carbocycles. The molecule has 5 heteroatoms. The molecule has 0 amide bonds. The third-order valence-corrected chi connectivity index (χ3v) is 4.06. The Bertz CT molecular complexity index is 767. The van der Waals surface area contributed by atoms with Crippen molar-refractivity contribution in [2.45, 2.75) is 32.2 Å². The van der Waals surface area contributed by atoms with E-state index in [9.17, 15) is 0 Å². The summed E-state index contributed by atoms with van der Waals surface area (Å²) in [6.45, 7) is 4.90. The number of hydrogen-bond donors (Lipinski definition) is 1. The fourth-order valence-electron chi connectivity index (χ4n) is 2.60. The summed E-state index contributed by atoms with van der Waals surface area (Å²) in [5, 5.41) is 4.10. The number of nitrogens with two attached hydrogens (primary N) is 1. The quantitative estimate of drug-likeness (QED) is 0.756. The second kappa shape index (κ2) is 7.60. The second-order valence-electron chi connectivity index (χ2n) is 6.34. The fourth-order valence-corrected chi connectivity index (χ4v) is 2.60. The van der Waals surface area contributed by atoms with Crippen molar-refractivity contribution in [3.05, 3.63) is 71.6 Å². The van der Waals surface area contributed by atoms with Gasteiger partial charge in [0.1, 0.15) is 0 Å². The van der Waals surface area contributed by atoms with Crippen LogP contribution in [0.15, 0.2) is 59.1 Å². The van der Waals surface area contributed by atoms with Crippen LogP contribution in [0.25, 0.3) is 11.4 Å². The van der Waals surface area contributed by atoms with Crippen molar-refractivity contribution in [2.24, 2.45) is 5.73 Å². The topological polar surface area (TPSA) is 64.9 Å². The Kier molecular flexibility index (Phi) is 5.75. The maximum Gasteiger partial charge on any atom is 0.227 e. The molecule has 3 rings (SSSR count). The highest BCUT2D eigenvalue weighted by Gasteiger charge is 2.24. The molecule has 0 bridgehead atoms. The van der Waals surface area contributed by atoms with Gasteiger partial charge >= 0.3 is 0 Å². The highest BCUT2D eigenvalue weighted by molar-refractivity contribution is 5.85. The minimum absolute atomic E-state index is 0. The van der Waals surface area contributed by atoms with Crippen LogP contribution in [0.2, 0.25) is 0 Å². The fraction of sp³-hybridized carbons (Fsp3) is 0.263. The van der Waals surface area contributed by atoms with Gasteiger partial charge in [0.15, 0.2) is 0 Å². The highest BCUT2D eigenvalue weighted by Crippen LogP contribution is 2.27. The number of benzene rings is 2. The summed E-state index contributed by atoms with van der Waals surface area (Å²) < 4.78 is 5.45. The molecule has 0 radical (unpaired) electrons. The van der Waals surface area contributed by atoms with Gasteiger partial charge in [-0.1, -0.05) is 73.6 Å². The van der Waals surface area contributed by atoms with Crippen LogP contribution in [-0.2, 0) is 18.4 Å². The lowest BCUT2D eigenvalue weighted by Crippen LogP contribution is -2.20. The van der Waals surface area contributed by atoms with E-state index in [4.69, 9.17) is 10.3 Å². The number of hydrogen-bond acceptors (Lipinski definition) is 4. The monoisotopic (exact) mass is 343 g/mol. The zero-order valence-corrected chi connectivity index (χ0v) is 14.7. The Hall–Kier alpha value is -2.17. The maximum atomic E-state index is 5.62. The Morgan fingerprint density at radius 2 is 1.67 bits per heavy atom. The van der Waals surface area contributed by atoms with E-state index < -0.39 is 0 Å². The van der Waals surface area contributed by atoms with Gasteiger partial charge < -0.3 is 10.3 Å². The standard InChI is InChI=1S/C19H21N3O.ClH/c1-19(2,16-6-4-3-5-7-16)12-17-21-18(22-23-17)15-10-8-14(13-20)9-11-15;/h3-11H,12-13,20H2,1-2H3;1H. The van der Waals surface area contributed by atoms with Crippen LogP contribution in [0.3, 0.4) is 0 Å². The molecule has 0 fully saturated rings. The van der Waals surface area contributed by atoms with E-state index in [0.717, 1.165) is 11.1 Å². The molecule has 0 atom stereocenters. The van der Waals surface area contributed by atoms with Gasteiger partial charge in [0.05, 0.1) is 0 Å². The van der Waals surface area contributed by atoms with Crippen molar-refractivity contribution in [3.8, 4) is 11.4 Å². The molecule has 4 nitrogen and oxygen atoms in total.